The van der Waals surface area contributed by atoms with E-state index in [4.69, 9.17) is 0 Å². The Morgan fingerprint density at radius 1 is 0.604 bits per heavy atom. The molecule has 4 aliphatic rings. The first-order valence-electron chi connectivity index (χ1n) is 18.2. The standard InChI is InChI=1S/C49H34BNO2/c52-50(53)46-24-13-23-44-48(46)41-20-8-11-22-43(41)49(44)42-21-10-7-19-39(42)40-31-30-37(32-45(40)49)51(36-28-26-34(27-29-36)33-14-3-1-4-15-33)47-25-12-9-18-38(47)35-16-5-2-6-17-35/h1-5,7-16,18-26,28,30-32,52-53H,27,29H2. The average molecular weight is 680 g/mol. The molecule has 0 radical (unpaired) electrons. The molecule has 0 fully saturated rings. The zero-order chi connectivity index (χ0) is 35.5. The van der Waals surface area contributed by atoms with Gasteiger partial charge in [0, 0.05) is 22.5 Å². The Morgan fingerprint density at radius 3 is 2.06 bits per heavy atom. The molecule has 2 N–H and O–H groups in total. The van der Waals surface area contributed by atoms with Crippen LogP contribution >= 0.6 is 0 Å². The molecule has 1 spiro atoms. The van der Waals surface area contributed by atoms with E-state index in [1.54, 1.807) is 0 Å². The van der Waals surface area contributed by atoms with Crippen LogP contribution in [0.4, 0.5) is 11.4 Å². The van der Waals surface area contributed by atoms with Crippen LogP contribution in [0.2, 0.25) is 0 Å². The van der Waals surface area contributed by atoms with Crippen LogP contribution < -0.4 is 10.4 Å². The Hall–Kier alpha value is -6.38. The lowest BCUT2D eigenvalue weighted by molar-refractivity contribution is 0.426. The Balaban J connectivity index is 1.24. The normalized spacial score (nSPS) is 17.1. The van der Waals surface area contributed by atoms with Crippen LogP contribution in [0.25, 0.3) is 33.4 Å². The lowest BCUT2D eigenvalue weighted by atomic mass is 9.69. The summed E-state index contributed by atoms with van der Waals surface area (Å²) in [6, 6.07) is 49.4. The Bertz CT molecular complexity index is 2690. The summed E-state index contributed by atoms with van der Waals surface area (Å²) in [6.07, 6.45) is 12.4. The summed E-state index contributed by atoms with van der Waals surface area (Å²) in [5, 5.41) is 21.3. The van der Waals surface area contributed by atoms with Gasteiger partial charge in [-0.05, 0) is 110 Å². The van der Waals surface area contributed by atoms with Crippen LogP contribution in [0.1, 0.15) is 46.2 Å². The van der Waals surface area contributed by atoms with Crippen LogP contribution in [0, 0.1) is 0 Å². The fraction of sp³-hybridized carbons (Fsp3) is 0.0612. The van der Waals surface area contributed by atoms with Gasteiger partial charge in [0.15, 0.2) is 0 Å². The first-order valence-corrected chi connectivity index (χ1v) is 18.2. The first-order chi connectivity index (χ1) is 26.1. The van der Waals surface area contributed by atoms with Gasteiger partial charge in [-0.2, -0.15) is 0 Å². The van der Waals surface area contributed by atoms with Crippen LogP contribution in [0.5, 0.6) is 0 Å². The predicted octanol–water partition coefficient (Wildman–Crippen LogP) is 9.87. The highest BCUT2D eigenvalue weighted by molar-refractivity contribution is 6.60. The SMILES string of the molecule is OB(O)c1cccc2c1-c1ccccc1C21c2ccccc2-c2ccc(N(C3=CC=C(c4ccccc4)CC3)c3ccccc3C3=C=C=CC=C3)cc21. The number of fused-ring (bicyclic) bond motifs is 10. The van der Waals surface area contributed by atoms with E-state index >= 15 is 0 Å². The third-order valence-electron chi connectivity index (χ3n) is 11.3. The Kier molecular flexibility index (Phi) is 7.33. The van der Waals surface area contributed by atoms with Gasteiger partial charge in [-0.3, -0.25) is 0 Å². The number of hydrogen-bond acceptors (Lipinski definition) is 3. The van der Waals surface area contributed by atoms with Crippen molar-refractivity contribution in [3.63, 3.8) is 0 Å². The van der Waals surface area contributed by atoms with Gasteiger partial charge in [0.1, 0.15) is 0 Å². The average Bonchev–Trinajstić information content (AvgIpc) is 3.69. The van der Waals surface area contributed by atoms with Gasteiger partial charge >= 0.3 is 7.12 Å². The summed E-state index contributed by atoms with van der Waals surface area (Å²) in [4.78, 5) is 2.43. The minimum Gasteiger partial charge on any atom is -0.423 e. The van der Waals surface area contributed by atoms with E-state index < -0.39 is 12.5 Å². The molecule has 0 amide bonds. The minimum atomic E-state index is -1.60. The quantitative estimate of drug-likeness (QED) is 0.136. The lowest BCUT2D eigenvalue weighted by Crippen LogP contribution is -2.33. The first kappa shape index (κ1) is 31.4. The zero-order valence-corrected chi connectivity index (χ0v) is 29.0. The topological polar surface area (TPSA) is 43.7 Å². The highest BCUT2D eigenvalue weighted by Gasteiger charge is 2.52. The molecule has 0 aromatic heterocycles. The van der Waals surface area contributed by atoms with E-state index in [9.17, 15) is 10.0 Å². The van der Waals surface area contributed by atoms with Crippen molar-refractivity contribution in [3.8, 4) is 22.3 Å². The summed E-state index contributed by atoms with van der Waals surface area (Å²) >= 11 is 0. The van der Waals surface area contributed by atoms with E-state index in [0.717, 1.165) is 57.6 Å². The van der Waals surface area contributed by atoms with Gasteiger partial charge in [-0.1, -0.05) is 145 Å². The van der Waals surface area contributed by atoms with Gasteiger partial charge in [-0.25, -0.2) is 0 Å². The highest BCUT2D eigenvalue weighted by atomic mass is 16.4. The van der Waals surface area contributed by atoms with Crippen molar-refractivity contribution in [2.75, 3.05) is 4.90 Å². The molecule has 53 heavy (non-hydrogen) atoms. The van der Waals surface area contributed by atoms with E-state index in [2.05, 4.69) is 156 Å². The maximum atomic E-state index is 10.7. The molecular weight excluding hydrogens is 645 g/mol. The summed E-state index contributed by atoms with van der Waals surface area (Å²) in [5.41, 5.74) is 23.4. The van der Waals surface area contributed by atoms with Crippen molar-refractivity contribution in [2.45, 2.75) is 18.3 Å². The van der Waals surface area contributed by atoms with Crippen molar-refractivity contribution in [3.05, 3.63) is 220 Å². The summed E-state index contributed by atoms with van der Waals surface area (Å²) in [7, 11) is -1.60. The van der Waals surface area contributed by atoms with Gasteiger partial charge < -0.3 is 14.9 Å². The predicted molar refractivity (Wildman–Crippen MR) is 217 cm³/mol. The summed E-state index contributed by atoms with van der Waals surface area (Å²) < 4.78 is 0. The van der Waals surface area contributed by atoms with Crippen molar-refractivity contribution in [1.82, 2.24) is 0 Å². The maximum Gasteiger partial charge on any atom is 0.489 e. The molecule has 0 saturated heterocycles. The largest absolute Gasteiger partial charge is 0.489 e. The van der Waals surface area contributed by atoms with Crippen LogP contribution in [-0.4, -0.2) is 17.2 Å². The number of benzene rings is 6. The molecule has 3 nitrogen and oxygen atoms in total. The van der Waals surface area contributed by atoms with Gasteiger partial charge in [0.05, 0.1) is 11.1 Å². The van der Waals surface area contributed by atoms with E-state index in [1.165, 1.54) is 39.1 Å². The van der Waals surface area contributed by atoms with Gasteiger partial charge in [0.25, 0.3) is 0 Å². The molecule has 0 bridgehead atoms. The van der Waals surface area contributed by atoms with Crippen molar-refractivity contribution in [1.29, 1.82) is 0 Å². The smallest absolute Gasteiger partial charge is 0.423 e. The van der Waals surface area contributed by atoms with Crippen molar-refractivity contribution in [2.24, 2.45) is 0 Å². The maximum absolute atomic E-state index is 10.7. The number of allylic oxidation sites excluding steroid dienone is 8. The van der Waals surface area contributed by atoms with Crippen molar-refractivity contribution < 1.29 is 10.0 Å². The molecule has 250 valence electrons. The molecule has 4 aliphatic carbocycles. The van der Waals surface area contributed by atoms with Crippen LogP contribution in [-0.2, 0) is 5.41 Å². The molecular formula is C49H34BNO2. The summed E-state index contributed by atoms with van der Waals surface area (Å²) in [5.74, 6) is 0. The van der Waals surface area contributed by atoms with Crippen LogP contribution in [0.3, 0.4) is 0 Å². The Labute approximate surface area is 310 Å². The summed E-state index contributed by atoms with van der Waals surface area (Å²) in [6.45, 7) is 0. The van der Waals surface area contributed by atoms with Crippen LogP contribution in [0.15, 0.2) is 187 Å². The minimum absolute atomic E-state index is 0.522. The fourth-order valence-corrected chi connectivity index (χ4v) is 9.13. The number of nitrogens with zero attached hydrogens (tertiary/aromatic N) is 1. The van der Waals surface area contributed by atoms with E-state index in [1.807, 2.05) is 30.4 Å². The Morgan fingerprint density at radius 2 is 1.30 bits per heavy atom. The lowest BCUT2D eigenvalue weighted by Gasteiger charge is -2.34. The number of anilines is 2. The van der Waals surface area contributed by atoms with Crippen molar-refractivity contribution >= 4 is 35.1 Å². The molecule has 0 aliphatic heterocycles. The number of hydrogen-bond donors (Lipinski definition) is 2. The second-order valence-corrected chi connectivity index (χ2v) is 14.0. The second kappa shape index (κ2) is 12.4. The second-order valence-electron chi connectivity index (χ2n) is 14.0. The van der Waals surface area contributed by atoms with E-state index in [-0.39, 0.29) is 0 Å². The number of rotatable bonds is 6. The van der Waals surface area contributed by atoms with E-state index in [0.29, 0.717) is 5.46 Å². The molecule has 6 aromatic carbocycles. The molecule has 6 aromatic rings. The zero-order valence-electron chi connectivity index (χ0n) is 29.0. The molecule has 4 heteroatoms. The molecule has 1 unspecified atom stereocenters. The monoisotopic (exact) mass is 679 g/mol. The molecule has 0 saturated carbocycles. The molecule has 1 atom stereocenters. The van der Waals surface area contributed by atoms with Gasteiger partial charge in [0.2, 0.25) is 0 Å². The molecule has 10 rings (SSSR count). The number of para-hydroxylation sites is 1. The highest BCUT2D eigenvalue weighted by Crippen LogP contribution is 2.63. The third kappa shape index (κ3) is 4.72. The third-order valence-corrected chi connectivity index (χ3v) is 11.3. The van der Waals surface area contributed by atoms with Gasteiger partial charge in [-0.15, -0.1) is 0 Å². The fourth-order valence-electron chi connectivity index (χ4n) is 9.13. The molecule has 0 heterocycles.